The highest BCUT2D eigenvalue weighted by molar-refractivity contribution is 5.92. The van der Waals surface area contributed by atoms with Crippen LogP contribution in [-0.2, 0) is 16.0 Å². The first-order valence-electron chi connectivity index (χ1n) is 5.13. The molecule has 2 heteroatoms. The minimum atomic E-state index is -0.0132. The highest BCUT2D eigenvalue weighted by Gasteiger charge is 2.07. The number of Topliss-reactive ketones (excluding diaryl/α,β-unsaturated/α-hetero) is 1. The first-order chi connectivity index (χ1) is 7.24. The number of aryl methyl sites for hydroxylation is 1. The highest BCUT2D eigenvalue weighted by atomic mass is 16.5. The highest BCUT2D eigenvalue weighted by Crippen LogP contribution is 2.06. The number of rotatable bonds is 6. The number of hydrogen-bond acceptors (Lipinski definition) is 2. The molecule has 1 aromatic rings. The van der Waals surface area contributed by atoms with E-state index in [2.05, 4.69) is 6.58 Å². The van der Waals surface area contributed by atoms with E-state index in [-0.39, 0.29) is 11.5 Å². The molecule has 1 aromatic carbocycles. The van der Waals surface area contributed by atoms with Crippen molar-refractivity contribution in [1.82, 2.24) is 0 Å². The van der Waals surface area contributed by atoms with Crippen LogP contribution in [0.15, 0.2) is 42.7 Å². The van der Waals surface area contributed by atoms with Gasteiger partial charge in [-0.3, -0.25) is 4.79 Å². The molecule has 0 fully saturated rings. The molecule has 0 unspecified atom stereocenters. The molecule has 0 bridgehead atoms. The zero-order valence-electron chi connectivity index (χ0n) is 9.03. The minimum absolute atomic E-state index is 0.0132. The van der Waals surface area contributed by atoms with Gasteiger partial charge in [0.2, 0.25) is 0 Å². The quantitative estimate of drug-likeness (QED) is 0.526. The molecule has 0 amide bonds. The number of carbonyl (C=O) groups excluding carboxylic acids is 1. The standard InChI is InChI=1S/C13H16O2/c1-3-15-11(2)13(14)10-9-12-7-5-4-6-8-12/h4-8H,2-3,9-10H2,1H3. The van der Waals surface area contributed by atoms with E-state index in [0.717, 1.165) is 12.0 Å². The lowest BCUT2D eigenvalue weighted by Crippen LogP contribution is -2.06. The van der Waals surface area contributed by atoms with E-state index in [1.807, 2.05) is 37.3 Å². The zero-order chi connectivity index (χ0) is 11.1. The Labute approximate surface area is 90.6 Å². The van der Waals surface area contributed by atoms with E-state index in [0.29, 0.717) is 13.0 Å². The van der Waals surface area contributed by atoms with Crippen LogP contribution < -0.4 is 0 Å². The summed E-state index contributed by atoms with van der Waals surface area (Å²) in [5.74, 6) is 0.258. The average molecular weight is 204 g/mol. The summed E-state index contributed by atoms with van der Waals surface area (Å²) in [7, 11) is 0. The molecule has 15 heavy (non-hydrogen) atoms. The summed E-state index contributed by atoms with van der Waals surface area (Å²) in [6, 6.07) is 9.92. The maximum Gasteiger partial charge on any atom is 0.197 e. The Balaban J connectivity index is 2.38. The molecule has 0 heterocycles. The molecule has 0 spiro atoms. The van der Waals surface area contributed by atoms with Crippen LogP contribution in [0.5, 0.6) is 0 Å². The summed E-state index contributed by atoms with van der Waals surface area (Å²) in [6.07, 6.45) is 1.20. The van der Waals surface area contributed by atoms with Crippen molar-refractivity contribution in [2.45, 2.75) is 19.8 Å². The number of hydrogen-bond donors (Lipinski definition) is 0. The molecule has 2 nitrogen and oxygen atoms in total. The average Bonchev–Trinajstić information content (AvgIpc) is 2.27. The lowest BCUT2D eigenvalue weighted by molar-refractivity contribution is -0.118. The van der Waals surface area contributed by atoms with Gasteiger partial charge in [0.15, 0.2) is 11.5 Å². The van der Waals surface area contributed by atoms with Crippen LogP contribution in [0.2, 0.25) is 0 Å². The molecule has 0 saturated heterocycles. The van der Waals surface area contributed by atoms with Crippen LogP contribution in [0, 0.1) is 0 Å². The Morgan fingerprint density at radius 3 is 2.60 bits per heavy atom. The van der Waals surface area contributed by atoms with Gasteiger partial charge in [0.05, 0.1) is 6.61 Å². The first-order valence-corrected chi connectivity index (χ1v) is 5.13. The molecular formula is C13H16O2. The summed E-state index contributed by atoms with van der Waals surface area (Å²) in [5.41, 5.74) is 1.16. The van der Waals surface area contributed by atoms with Crippen molar-refractivity contribution in [3.8, 4) is 0 Å². The maximum absolute atomic E-state index is 11.5. The summed E-state index contributed by atoms with van der Waals surface area (Å²) >= 11 is 0. The second kappa shape index (κ2) is 6.02. The molecule has 0 aliphatic rings. The van der Waals surface area contributed by atoms with Gasteiger partial charge in [-0.25, -0.2) is 0 Å². The Morgan fingerprint density at radius 1 is 1.33 bits per heavy atom. The summed E-state index contributed by atoms with van der Waals surface area (Å²) in [6.45, 7) is 5.92. The number of ether oxygens (including phenoxy) is 1. The van der Waals surface area contributed by atoms with Crippen molar-refractivity contribution in [3.05, 3.63) is 48.2 Å². The van der Waals surface area contributed by atoms with Gasteiger partial charge in [-0.05, 0) is 18.9 Å². The van der Waals surface area contributed by atoms with Crippen LogP contribution in [0.4, 0.5) is 0 Å². The lowest BCUT2D eigenvalue weighted by atomic mass is 10.1. The Hall–Kier alpha value is -1.57. The molecular weight excluding hydrogens is 188 g/mol. The Morgan fingerprint density at radius 2 is 2.00 bits per heavy atom. The molecule has 0 atom stereocenters. The predicted molar refractivity (Wildman–Crippen MR) is 60.5 cm³/mol. The second-order valence-corrected chi connectivity index (χ2v) is 3.26. The van der Waals surface area contributed by atoms with Crippen molar-refractivity contribution in [1.29, 1.82) is 0 Å². The third-order valence-electron chi connectivity index (χ3n) is 2.11. The van der Waals surface area contributed by atoms with E-state index >= 15 is 0 Å². The predicted octanol–water partition coefficient (Wildman–Crippen LogP) is 2.74. The van der Waals surface area contributed by atoms with Gasteiger partial charge in [-0.1, -0.05) is 36.9 Å². The van der Waals surface area contributed by atoms with E-state index < -0.39 is 0 Å². The van der Waals surface area contributed by atoms with Gasteiger partial charge in [-0.2, -0.15) is 0 Å². The molecule has 0 aromatic heterocycles. The molecule has 1 rings (SSSR count). The summed E-state index contributed by atoms with van der Waals surface area (Å²) in [5, 5.41) is 0. The normalized spacial score (nSPS) is 9.67. The largest absolute Gasteiger partial charge is 0.491 e. The summed E-state index contributed by atoms with van der Waals surface area (Å²) < 4.78 is 5.05. The van der Waals surface area contributed by atoms with Gasteiger partial charge in [0, 0.05) is 6.42 Å². The summed E-state index contributed by atoms with van der Waals surface area (Å²) in [4.78, 5) is 11.5. The van der Waals surface area contributed by atoms with Crippen LogP contribution in [0.3, 0.4) is 0 Å². The van der Waals surface area contributed by atoms with Gasteiger partial charge in [0.1, 0.15) is 0 Å². The Bertz CT molecular complexity index is 328. The van der Waals surface area contributed by atoms with Gasteiger partial charge in [-0.15, -0.1) is 0 Å². The third kappa shape index (κ3) is 3.98. The van der Waals surface area contributed by atoms with E-state index in [1.54, 1.807) is 0 Å². The fourth-order valence-corrected chi connectivity index (χ4v) is 1.30. The number of benzene rings is 1. The van der Waals surface area contributed by atoms with Gasteiger partial charge >= 0.3 is 0 Å². The molecule has 80 valence electrons. The monoisotopic (exact) mass is 204 g/mol. The van der Waals surface area contributed by atoms with Gasteiger partial charge in [0.25, 0.3) is 0 Å². The molecule has 0 aliphatic carbocycles. The Kier molecular flexibility index (Phi) is 4.61. The van der Waals surface area contributed by atoms with E-state index in [9.17, 15) is 4.79 Å². The van der Waals surface area contributed by atoms with E-state index in [4.69, 9.17) is 4.74 Å². The molecule has 0 aliphatic heterocycles. The molecule has 0 radical (unpaired) electrons. The first kappa shape index (κ1) is 11.5. The fourth-order valence-electron chi connectivity index (χ4n) is 1.30. The lowest BCUT2D eigenvalue weighted by Gasteiger charge is -2.05. The van der Waals surface area contributed by atoms with Crippen LogP contribution in [-0.4, -0.2) is 12.4 Å². The van der Waals surface area contributed by atoms with Crippen molar-refractivity contribution in [2.24, 2.45) is 0 Å². The molecule has 0 N–H and O–H groups in total. The van der Waals surface area contributed by atoms with E-state index in [1.165, 1.54) is 0 Å². The minimum Gasteiger partial charge on any atom is -0.491 e. The third-order valence-corrected chi connectivity index (χ3v) is 2.11. The van der Waals surface area contributed by atoms with Crippen molar-refractivity contribution < 1.29 is 9.53 Å². The SMILES string of the molecule is C=C(OCC)C(=O)CCc1ccccc1. The number of ketones is 1. The second-order valence-electron chi connectivity index (χ2n) is 3.26. The van der Waals surface area contributed by atoms with Crippen molar-refractivity contribution >= 4 is 5.78 Å². The van der Waals surface area contributed by atoms with Crippen LogP contribution >= 0.6 is 0 Å². The zero-order valence-corrected chi connectivity index (χ0v) is 9.03. The smallest absolute Gasteiger partial charge is 0.197 e. The van der Waals surface area contributed by atoms with Gasteiger partial charge < -0.3 is 4.74 Å². The topological polar surface area (TPSA) is 26.3 Å². The fraction of sp³-hybridized carbons (Fsp3) is 0.308. The number of allylic oxidation sites excluding steroid dienone is 1. The van der Waals surface area contributed by atoms with Crippen LogP contribution in [0.25, 0.3) is 0 Å². The van der Waals surface area contributed by atoms with Crippen molar-refractivity contribution in [2.75, 3.05) is 6.61 Å². The molecule has 0 saturated carbocycles. The van der Waals surface area contributed by atoms with Crippen LogP contribution in [0.1, 0.15) is 18.9 Å². The maximum atomic E-state index is 11.5. The number of carbonyl (C=O) groups is 1. The van der Waals surface area contributed by atoms with Crippen molar-refractivity contribution in [3.63, 3.8) is 0 Å².